The molecule has 0 saturated heterocycles. The number of hydrogen-bond acceptors (Lipinski definition) is 3. The van der Waals surface area contributed by atoms with Crippen molar-refractivity contribution in [1.29, 1.82) is 5.26 Å². The van der Waals surface area contributed by atoms with Crippen molar-refractivity contribution in [2.75, 3.05) is 7.05 Å². The third-order valence-corrected chi connectivity index (χ3v) is 1.89. The van der Waals surface area contributed by atoms with Gasteiger partial charge in [-0.3, -0.25) is 4.79 Å². The van der Waals surface area contributed by atoms with Crippen LogP contribution in [-0.4, -0.2) is 34.6 Å². The van der Waals surface area contributed by atoms with E-state index in [4.69, 9.17) is 5.26 Å². The zero-order chi connectivity index (χ0) is 10.6. The Morgan fingerprint density at radius 1 is 1.69 bits per heavy atom. The quantitative estimate of drug-likeness (QED) is 0.695. The van der Waals surface area contributed by atoms with Crippen LogP contribution in [0.1, 0.15) is 27.2 Å². The lowest BCUT2D eigenvalue weighted by Gasteiger charge is -2.28. The molecule has 0 rings (SSSR count). The zero-order valence-corrected chi connectivity index (χ0v) is 8.53. The number of aliphatic hydroxyl groups is 1. The van der Waals surface area contributed by atoms with E-state index in [-0.39, 0.29) is 18.4 Å². The monoisotopic (exact) mass is 184 g/mol. The summed E-state index contributed by atoms with van der Waals surface area (Å²) in [7, 11) is 1.59. The summed E-state index contributed by atoms with van der Waals surface area (Å²) in [6, 6.07) is 1.82. The van der Waals surface area contributed by atoms with Gasteiger partial charge in [0.25, 0.3) is 5.91 Å². The molecule has 0 aliphatic heterocycles. The summed E-state index contributed by atoms with van der Waals surface area (Å²) >= 11 is 0. The number of amides is 1. The van der Waals surface area contributed by atoms with E-state index in [0.717, 1.165) is 0 Å². The molecule has 4 heteroatoms. The summed E-state index contributed by atoms with van der Waals surface area (Å²) in [5.41, 5.74) is -1.36. The first-order chi connectivity index (χ1) is 5.80. The SMILES string of the molecule is CC(CC#N)N(C)C(=O)C(C)(C)O. The van der Waals surface area contributed by atoms with Gasteiger partial charge in [-0.15, -0.1) is 0 Å². The minimum atomic E-state index is -1.36. The van der Waals surface area contributed by atoms with Gasteiger partial charge in [-0.1, -0.05) is 0 Å². The second-order valence-electron chi connectivity index (χ2n) is 3.69. The van der Waals surface area contributed by atoms with Crippen molar-refractivity contribution >= 4 is 5.91 Å². The molecular weight excluding hydrogens is 168 g/mol. The summed E-state index contributed by atoms with van der Waals surface area (Å²) in [5.74, 6) is -0.366. The van der Waals surface area contributed by atoms with Crippen molar-refractivity contribution in [3.05, 3.63) is 0 Å². The smallest absolute Gasteiger partial charge is 0.253 e. The summed E-state index contributed by atoms with van der Waals surface area (Å²) in [5, 5.41) is 17.8. The van der Waals surface area contributed by atoms with Gasteiger partial charge in [0.1, 0.15) is 5.60 Å². The highest BCUT2D eigenvalue weighted by Gasteiger charge is 2.29. The fourth-order valence-electron chi connectivity index (χ4n) is 0.901. The third-order valence-electron chi connectivity index (χ3n) is 1.89. The fourth-order valence-corrected chi connectivity index (χ4v) is 0.901. The molecule has 0 aliphatic carbocycles. The molecule has 0 heterocycles. The second kappa shape index (κ2) is 4.24. The van der Waals surface area contributed by atoms with E-state index in [1.807, 2.05) is 6.07 Å². The Bertz CT molecular complexity index is 225. The first-order valence-corrected chi connectivity index (χ1v) is 4.17. The molecule has 0 spiro atoms. The van der Waals surface area contributed by atoms with Gasteiger partial charge >= 0.3 is 0 Å². The van der Waals surface area contributed by atoms with Gasteiger partial charge in [-0.25, -0.2) is 0 Å². The highest BCUT2D eigenvalue weighted by Crippen LogP contribution is 2.10. The summed E-state index contributed by atoms with van der Waals surface area (Å²) in [6.45, 7) is 4.64. The minimum Gasteiger partial charge on any atom is -0.381 e. The number of rotatable bonds is 3. The van der Waals surface area contributed by atoms with Crippen LogP contribution in [0.3, 0.4) is 0 Å². The normalized spacial score (nSPS) is 13.2. The van der Waals surface area contributed by atoms with Crippen LogP contribution in [0.2, 0.25) is 0 Å². The second-order valence-corrected chi connectivity index (χ2v) is 3.69. The maximum atomic E-state index is 11.4. The molecule has 1 atom stereocenters. The average molecular weight is 184 g/mol. The number of carbonyl (C=O) groups excluding carboxylic acids is 1. The molecule has 74 valence electrons. The molecule has 13 heavy (non-hydrogen) atoms. The highest BCUT2D eigenvalue weighted by molar-refractivity contribution is 5.84. The van der Waals surface area contributed by atoms with Crippen LogP contribution in [0.4, 0.5) is 0 Å². The molecule has 0 radical (unpaired) electrons. The van der Waals surface area contributed by atoms with Gasteiger partial charge in [0.2, 0.25) is 0 Å². The van der Waals surface area contributed by atoms with Gasteiger partial charge in [0, 0.05) is 13.1 Å². The lowest BCUT2D eigenvalue weighted by Crippen LogP contribution is -2.46. The van der Waals surface area contributed by atoms with Crippen molar-refractivity contribution in [2.24, 2.45) is 0 Å². The topological polar surface area (TPSA) is 64.3 Å². The Kier molecular flexibility index (Phi) is 3.89. The lowest BCUT2D eigenvalue weighted by atomic mass is 10.1. The van der Waals surface area contributed by atoms with Crippen LogP contribution < -0.4 is 0 Å². The maximum Gasteiger partial charge on any atom is 0.253 e. The van der Waals surface area contributed by atoms with Crippen LogP contribution in [0, 0.1) is 11.3 Å². The number of likely N-dealkylation sites (N-methyl/N-ethyl adjacent to an activating group) is 1. The van der Waals surface area contributed by atoms with Crippen molar-refractivity contribution in [3.63, 3.8) is 0 Å². The number of nitrogens with zero attached hydrogens (tertiary/aromatic N) is 2. The van der Waals surface area contributed by atoms with Gasteiger partial charge in [0.15, 0.2) is 0 Å². The van der Waals surface area contributed by atoms with E-state index in [2.05, 4.69) is 0 Å². The molecule has 1 unspecified atom stereocenters. The third kappa shape index (κ3) is 3.43. The predicted octanol–water partition coefficient (Wildman–Crippen LogP) is 0.518. The molecule has 1 N–H and O–H groups in total. The first kappa shape index (κ1) is 11.9. The predicted molar refractivity (Wildman–Crippen MR) is 48.8 cm³/mol. The Labute approximate surface area is 78.8 Å². The van der Waals surface area contributed by atoms with E-state index in [9.17, 15) is 9.90 Å². The molecule has 0 aliphatic rings. The van der Waals surface area contributed by atoms with Gasteiger partial charge in [-0.2, -0.15) is 5.26 Å². The zero-order valence-electron chi connectivity index (χ0n) is 8.53. The summed E-state index contributed by atoms with van der Waals surface area (Å²) in [6.07, 6.45) is 0.276. The van der Waals surface area contributed by atoms with Crippen molar-refractivity contribution in [1.82, 2.24) is 4.90 Å². The van der Waals surface area contributed by atoms with Crippen molar-refractivity contribution in [3.8, 4) is 6.07 Å². The molecule has 0 aromatic heterocycles. The maximum absolute atomic E-state index is 11.4. The molecule has 0 fully saturated rings. The van der Waals surface area contributed by atoms with Crippen LogP contribution >= 0.6 is 0 Å². The Morgan fingerprint density at radius 3 is 2.46 bits per heavy atom. The van der Waals surface area contributed by atoms with E-state index >= 15 is 0 Å². The number of hydrogen-bond donors (Lipinski definition) is 1. The average Bonchev–Trinajstić information content (AvgIpc) is 2.00. The molecule has 0 bridgehead atoms. The minimum absolute atomic E-state index is 0.163. The van der Waals surface area contributed by atoms with Crippen LogP contribution in [0.5, 0.6) is 0 Å². The molecule has 0 saturated carbocycles. The van der Waals surface area contributed by atoms with E-state index in [0.29, 0.717) is 0 Å². The number of nitriles is 1. The number of carbonyl (C=O) groups is 1. The molecule has 0 aromatic rings. The summed E-state index contributed by atoms with van der Waals surface area (Å²) in [4.78, 5) is 12.8. The highest BCUT2D eigenvalue weighted by atomic mass is 16.3. The standard InChI is InChI=1S/C9H16N2O2/c1-7(5-6-10)11(4)8(12)9(2,3)13/h7,13H,5H2,1-4H3. The summed E-state index contributed by atoms with van der Waals surface area (Å²) < 4.78 is 0. The molecule has 1 amide bonds. The van der Waals surface area contributed by atoms with Crippen molar-refractivity contribution < 1.29 is 9.90 Å². The largest absolute Gasteiger partial charge is 0.381 e. The van der Waals surface area contributed by atoms with E-state index in [1.165, 1.54) is 18.7 Å². The van der Waals surface area contributed by atoms with Crippen molar-refractivity contribution in [2.45, 2.75) is 38.8 Å². The van der Waals surface area contributed by atoms with Gasteiger partial charge in [-0.05, 0) is 20.8 Å². The fraction of sp³-hybridized carbons (Fsp3) is 0.778. The molecule has 4 nitrogen and oxygen atoms in total. The molecule has 0 aromatic carbocycles. The van der Waals surface area contributed by atoms with Crippen LogP contribution in [-0.2, 0) is 4.79 Å². The Morgan fingerprint density at radius 2 is 2.15 bits per heavy atom. The van der Waals surface area contributed by atoms with E-state index < -0.39 is 5.60 Å². The van der Waals surface area contributed by atoms with Crippen LogP contribution in [0.25, 0.3) is 0 Å². The van der Waals surface area contributed by atoms with Gasteiger partial charge in [0.05, 0.1) is 12.5 Å². The molecular formula is C9H16N2O2. The first-order valence-electron chi connectivity index (χ1n) is 4.17. The van der Waals surface area contributed by atoms with Crippen LogP contribution in [0.15, 0.2) is 0 Å². The van der Waals surface area contributed by atoms with Gasteiger partial charge < -0.3 is 10.0 Å². The Balaban J connectivity index is 4.36. The lowest BCUT2D eigenvalue weighted by molar-refractivity contribution is -0.148. The Hall–Kier alpha value is -1.08. The van der Waals surface area contributed by atoms with E-state index in [1.54, 1.807) is 14.0 Å².